The predicted molar refractivity (Wildman–Crippen MR) is 75.4 cm³/mol. The molecule has 0 unspecified atom stereocenters. The van der Waals surface area contributed by atoms with E-state index in [1.165, 1.54) is 16.9 Å². The van der Waals surface area contributed by atoms with E-state index in [4.69, 9.17) is 11.6 Å². The third kappa shape index (κ3) is 3.09. The van der Waals surface area contributed by atoms with Crippen molar-refractivity contribution in [1.29, 1.82) is 0 Å². The maximum Gasteiger partial charge on any atom is 0.257 e. The number of aryl methyl sites for hydroxylation is 1. The van der Waals surface area contributed by atoms with Gasteiger partial charge < -0.3 is 0 Å². The summed E-state index contributed by atoms with van der Waals surface area (Å²) in [6.45, 7) is 2.08. The van der Waals surface area contributed by atoms with Gasteiger partial charge in [0.1, 0.15) is 0 Å². The van der Waals surface area contributed by atoms with E-state index in [1.807, 2.05) is 29.6 Å². The number of aromatic nitrogens is 1. The van der Waals surface area contributed by atoms with Crippen molar-refractivity contribution in [2.24, 2.45) is 0 Å². The Morgan fingerprint density at radius 1 is 1.39 bits per heavy atom. The molecule has 2 rings (SSSR count). The molecule has 1 aromatic heterocycles. The van der Waals surface area contributed by atoms with Crippen molar-refractivity contribution in [3.05, 3.63) is 46.5 Å². The van der Waals surface area contributed by atoms with Crippen LogP contribution in [0.5, 0.6) is 0 Å². The average Bonchev–Trinajstić information content (AvgIpc) is 2.86. The lowest BCUT2D eigenvalue weighted by molar-refractivity contribution is 0.102. The van der Waals surface area contributed by atoms with Gasteiger partial charge in [0.15, 0.2) is 5.13 Å². The van der Waals surface area contributed by atoms with Crippen LogP contribution in [0.2, 0.25) is 0 Å². The van der Waals surface area contributed by atoms with Crippen LogP contribution >= 0.6 is 22.9 Å². The van der Waals surface area contributed by atoms with Crippen molar-refractivity contribution in [1.82, 2.24) is 4.98 Å². The standard InChI is InChI=1S/C13H13ClN2OS/c1-2-9-3-5-10(6-4-9)12(17)16-13-15-11(7-14)8-18-13/h3-6,8H,2,7H2,1H3,(H,15,16,17). The molecule has 0 aliphatic carbocycles. The van der Waals surface area contributed by atoms with Crippen LogP contribution in [0.15, 0.2) is 29.6 Å². The van der Waals surface area contributed by atoms with E-state index >= 15 is 0 Å². The van der Waals surface area contributed by atoms with Gasteiger partial charge in [-0.2, -0.15) is 0 Å². The molecular weight excluding hydrogens is 268 g/mol. The Balaban J connectivity index is 2.06. The number of carbonyl (C=O) groups is 1. The summed E-state index contributed by atoms with van der Waals surface area (Å²) in [5, 5.41) is 5.18. The van der Waals surface area contributed by atoms with Gasteiger partial charge in [0.05, 0.1) is 11.6 Å². The van der Waals surface area contributed by atoms with Crippen LogP contribution in [0.25, 0.3) is 0 Å². The van der Waals surface area contributed by atoms with Crippen LogP contribution < -0.4 is 5.32 Å². The quantitative estimate of drug-likeness (QED) is 0.868. The normalized spacial score (nSPS) is 10.3. The van der Waals surface area contributed by atoms with Crippen LogP contribution in [0, 0.1) is 0 Å². The van der Waals surface area contributed by atoms with Crippen LogP contribution in [0.1, 0.15) is 28.5 Å². The first-order valence-electron chi connectivity index (χ1n) is 5.63. The van der Waals surface area contributed by atoms with Gasteiger partial charge in [-0.05, 0) is 24.1 Å². The second-order valence-electron chi connectivity index (χ2n) is 3.78. The van der Waals surface area contributed by atoms with E-state index in [0.717, 1.165) is 12.1 Å². The summed E-state index contributed by atoms with van der Waals surface area (Å²) in [7, 11) is 0. The topological polar surface area (TPSA) is 42.0 Å². The molecule has 0 atom stereocenters. The maximum absolute atomic E-state index is 11.9. The number of hydrogen-bond acceptors (Lipinski definition) is 3. The number of amides is 1. The van der Waals surface area contributed by atoms with E-state index in [9.17, 15) is 4.79 Å². The first-order valence-corrected chi connectivity index (χ1v) is 7.05. The summed E-state index contributed by atoms with van der Waals surface area (Å²) in [6.07, 6.45) is 0.966. The minimum atomic E-state index is -0.145. The van der Waals surface area contributed by atoms with Crippen LogP contribution in [-0.4, -0.2) is 10.9 Å². The van der Waals surface area contributed by atoms with Crippen molar-refractivity contribution in [2.45, 2.75) is 19.2 Å². The Morgan fingerprint density at radius 3 is 2.67 bits per heavy atom. The fraction of sp³-hybridized carbons (Fsp3) is 0.231. The van der Waals surface area contributed by atoms with Gasteiger partial charge in [0.2, 0.25) is 0 Å². The average molecular weight is 281 g/mol. The fourth-order valence-electron chi connectivity index (χ4n) is 1.49. The second kappa shape index (κ2) is 5.98. The molecule has 0 fully saturated rings. The third-order valence-corrected chi connectivity index (χ3v) is 3.61. The van der Waals surface area contributed by atoms with Crippen LogP contribution in [-0.2, 0) is 12.3 Å². The van der Waals surface area contributed by atoms with Crippen molar-refractivity contribution in [2.75, 3.05) is 5.32 Å². The number of benzene rings is 1. The summed E-state index contributed by atoms with van der Waals surface area (Å²) in [4.78, 5) is 16.1. The number of nitrogens with zero attached hydrogens (tertiary/aromatic N) is 1. The Hall–Kier alpha value is -1.39. The van der Waals surface area contributed by atoms with Gasteiger partial charge >= 0.3 is 0 Å². The molecule has 0 saturated heterocycles. The molecule has 3 nitrogen and oxygen atoms in total. The summed E-state index contributed by atoms with van der Waals surface area (Å²) in [5.74, 6) is 0.213. The van der Waals surface area contributed by atoms with Crippen molar-refractivity contribution < 1.29 is 4.79 Å². The lowest BCUT2D eigenvalue weighted by atomic mass is 10.1. The fourth-order valence-corrected chi connectivity index (χ4v) is 2.42. The summed E-state index contributed by atoms with van der Waals surface area (Å²) in [5.41, 5.74) is 2.62. The van der Waals surface area contributed by atoms with Gasteiger partial charge in [0.25, 0.3) is 5.91 Å². The van der Waals surface area contributed by atoms with E-state index in [2.05, 4.69) is 17.2 Å². The lowest BCUT2D eigenvalue weighted by Crippen LogP contribution is -2.11. The van der Waals surface area contributed by atoms with Gasteiger partial charge in [0, 0.05) is 10.9 Å². The molecule has 5 heteroatoms. The molecule has 2 aromatic rings. The highest BCUT2D eigenvalue weighted by Gasteiger charge is 2.08. The monoisotopic (exact) mass is 280 g/mol. The van der Waals surface area contributed by atoms with Crippen molar-refractivity contribution in [3.8, 4) is 0 Å². The molecule has 1 N–H and O–H groups in total. The number of carbonyl (C=O) groups excluding carboxylic acids is 1. The van der Waals surface area contributed by atoms with Gasteiger partial charge in [-0.15, -0.1) is 22.9 Å². The molecule has 1 amide bonds. The number of thiazole rings is 1. The molecular formula is C13H13ClN2OS. The summed E-state index contributed by atoms with van der Waals surface area (Å²) >= 11 is 7.04. The van der Waals surface area contributed by atoms with Gasteiger partial charge in [-0.3, -0.25) is 10.1 Å². The minimum absolute atomic E-state index is 0.145. The number of alkyl halides is 1. The number of hydrogen-bond donors (Lipinski definition) is 1. The second-order valence-corrected chi connectivity index (χ2v) is 4.91. The highest BCUT2D eigenvalue weighted by molar-refractivity contribution is 7.14. The largest absolute Gasteiger partial charge is 0.298 e. The van der Waals surface area contributed by atoms with E-state index < -0.39 is 0 Å². The Bertz CT molecular complexity index is 536. The third-order valence-electron chi connectivity index (χ3n) is 2.53. The number of rotatable bonds is 4. The number of anilines is 1. The summed E-state index contributed by atoms with van der Waals surface area (Å²) in [6, 6.07) is 7.57. The van der Waals surface area contributed by atoms with Gasteiger partial charge in [-0.25, -0.2) is 4.98 Å². The highest BCUT2D eigenvalue weighted by atomic mass is 35.5. The van der Waals surface area contributed by atoms with Crippen LogP contribution in [0.3, 0.4) is 0 Å². The molecule has 1 aromatic carbocycles. The van der Waals surface area contributed by atoms with Gasteiger partial charge in [-0.1, -0.05) is 19.1 Å². The Morgan fingerprint density at radius 2 is 2.11 bits per heavy atom. The first-order chi connectivity index (χ1) is 8.72. The smallest absolute Gasteiger partial charge is 0.257 e. The molecule has 0 saturated carbocycles. The molecule has 1 heterocycles. The highest BCUT2D eigenvalue weighted by Crippen LogP contribution is 2.17. The molecule has 0 radical (unpaired) electrons. The summed E-state index contributed by atoms with van der Waals surface area (Å²) < 4.78 is 0. The zero-order chi connectivity index (χ0) is 13.0. The van der Waals surface area contributed by atoms with Crippen LogP contribution in [0.4, 0.5) is 5.13 Å². The number of nitrogens with one attached hydrogen (secondary N) is 1. The molecule has 0 spiro atoms. The molecule has 94 valence electrons. The zero-order valence-corrected chi connectivity index (χ0v) is 11.5. The molecule has 0 aliphatic rings. The minimum Gasteiger partial charge on any atom is -0.298 e. The zero-order valence-electron chi connectivity index (χ0n) is 9.94. The predicted octanol–water partition coefficient (Wildman–Crippen LogP) is 3.70. The molecule has 0 aliphatic heterocycles. The Labute approximate surface area is 115 Å². The van der Waals surface area contributed by atoms with Crippen molar-refractivity contribution in [3.63, 3.8) is 0 Å². The number of halogens is 1. The SMILES string of the molecule is CCc1ccc(C(=O)Nc2nc(CCl)cs2)cc1. The lowest BCUT2D eigenvalue weighted by Gasteiger charge is -2.02. The molecule has 0 bridgehead atoms. The maximum atomic E-state index is 11.9. The van der Waals surface area contributed by atoms with E-state index in [0.29, 0.717) is 16.6 Å². The van der Waals surface area contributed by atoms with E-state index in [1.54, 1.807) is 0 Å². The first kappa shape index (κ1) is 13.1. The Kier molecular flexibility index (Phi) is 4.33. The van der Waals surface area contributed by atoms with Crippen molar-refractivity contribution >= 4 is 34.0 Å². The molecule has 18 heavy (non-hydrogen) atoms. The van der Waals surface area contributed by atoms with E-state index in [-0.39, 0.29) is 5.91 Å².